The van der Waals surface area contributed by atoms with Gasteiger partial charge in [-0.2, -0.15) is 31.5 Å². The van der Waals surface area contributed by atoms with Gasteiger partial charge in [0.05, 0.1) is 43.1 Å². The lowest BCUT2D eigenvalue weighted by molar-refractivity contribution is -0.179. The van der Waals surface area contributed by atoms with Crippen LogP contribution in [0.15, 0.2) is 34.4 Å². The highest BCUT2D eigenvalue weighted by Crippen LogP contribution is 2.42. The molecule has 0 aliphatic carbocycles. The lowest BCUT2D eigenvalue weighted by Gasteiger charge is -2.47. The Kier molecular flexibility index (Phi) is 7.52. The molecule has 2 saturated heterocycles. The number of carbonyl (C=O) groups excluding carboxylic acids is 2. The molecule has 9 nitrogen and oxygen atoms in total. The van der Waals surface area contributed by atoms with Crippen LogP contribution in [0.5, 0.6) is 0 Å². The largest absolute Gasteiger partial charge is 0.417 e. The Hall–Kier alpha value is -3.23. The van der Waals surface area contributed by atoms with Gasteiger partial charge in [0.15, 0.2) is 5.92 Å². The van der Waals surface area contributed by atoms with E-state index < -0.39 is 29.7 Å². The van der Waals surface area contributed by atoms with E-state index in [9.17, 15) is 35.9 Å². The maximum absolute atomic E-state index is 13.4. The minimum atomic E-state index is -4.78. The molecule has 1 aromatic heterocycles. The van der Waals surface area contributed by atoms with Crippen molar-refractivity contribution in [3.8, 4) is 0 Å². The van der Waals surface area contributed by atoms with Gasteiger partial charge in [-0.25, -0.2) is 4.98 Å². The van der Waals surface area contributed by atoms with Crippen molar-refractivity contribution < 1.29 is 40.7 Å². The van der Waals surface area contributed by atoms with E-state index in [1.165, 1.54) is 4.90 Å². The number of ether oxygens (including phenoxy) is 1. The Morgan fingerprint density at radius 3 is 2.58 bits per heavy atom. The topological polar surface area (TPSA) is 90.7 Å². The van der Waals surface area contributed by atoms with Crippen LogP contribution in [0.4, 0.5) is 32.2 Å². The van der Waals surface area contributed by atoms with Gasteiger partial charge in [-0.05, 0) is 30.4 Å². The molecule has 0 spiro atoms. The first kappa shape index (κ1) is 28.3. The van der Waals surface area contributed by atoms with Crippen LogP contribution in [-0.4, -0.2) is 84.3 Å². The van der Waals surface area contributed by atoms with Gasteiger partial charge in [-0.1, -0.05) is 6.92 Å². The van der Waals surface area contributed by atoms with Gasteiger partial charge in [0, 0.05) is 38.4 Å². The quantitative estimate of drug-likeness (QED) is 0.375. The van der Waals surface area contributed by atoms with Gasteiger partial charge >= 0.3 is 12.4 Å². The summed E-state index contributed by atoms with van der Waals surface area (Å²) in [7, 11) is 0. The van der Waals surface area contributed by atoms with E-state index in [0.717, 1.165) is 18.5 Å². The highest BCUT2D eigenvalue weighted by Gasteiger charge is 2.52. The highest BCUT2D eigenvalue weighted by atomic mass is 19.4. The van der Waals surface area contributed by atoms with E-state index in [2.05, 4.69) is 15.2 Å². The third-order valence-corrected chi connectivity index (χ3v) is 7.95. The molecule has 0 N–H and O–H groups in total. The van der Waals surface area contributed by atoms with E-state index in [4.69, 9.17) is 4.74 Å². The van der Waals surface area contributed by atoms with Crippen LogP contribution in [0.25, 0.3) is 0 Å². The number of amides is 2. The number of anilines is 1. The smallest absolute Gasteiger partial charge is 0.379 e. The van der Waals surface area contributed by atoms with Crippen molar-refractivity contribution in [3.05, 3.63) is 35.3 Å². The van der Waals surface area contributed by atoms with E-state index in [0.29, 0.717) is 50.4 Å². The van der Waals surface area contributed by atoms with Crippen molar-refractivity contribution in [2.24, 2.45) is 16.1 Å². The molecule has 4 aliphatic rings. The van der Waals surface area contributed by atoms with Gasteiger partial charge in [0.2, 0.25) is 5.91 Å². The molecule has 0 radical (unpaired) electrons. The highest BCUT2D eigenvalue weighted by molar-refractivity contribution is 5.83. The van der Waals surface area contributed by atoms with E-state index >= 15 is 0 Å². The molecule has 15 heteroatoms. The fraction of sp³-hybridized carbons (Fsp3) is 0.640. The monoisotopic (exact) mass is 574 g/mol. The van der Waals surface area contributed by atoms with E-state index in [-0.39, 0.29) is 49.2 Å². The van der Waals surface area contributed by atoms with Gasteiger partial charge in [-0.15, -0.1) is 5.11 Å². The summed E-state index contributed by atoms with van der Waals surface area (Å²) in [5.41, 5.74) is -0.457. The normalized spacial score (nSPS) is 26.7. The average molecular weight is 575 g/mol. The Labute approximate surface area is 225 Å². The van der Waals surface area contributed by atoms with Crippen LogP contribution in [0.3, 0.4) is 0 Å². The number of aromatic nitrogens is 1. The molecule has 40 heavy (non-hydrogen) atoms. The molecule has 4 aliphatic heterocycles. The van der Waals surface area contributed by atoms with Crippen LogP contribution in [-0.2, 0) is 20.5 Å². The van der Waals surface area contributed by atoms with Gasteiger partial charge < -0.3 is 19.4 Å². The lowest BCUT2D eigenvalue weighted by atomic mass is 9.87. The summed E-state index contributed by atoms with van der Waals surface area (Å²) in [6, 6.07) is 0.723. The second-order valence-corrected chi connectivity index (χ2v) is 10.5. The number of hydrogen-bond acceptors (Lipinski definition) is 7. The molecular weight excluding hydrogens is 546 g/mol. The number of azo groups is 1. The third kappa shape index (κ3) is 5.52. The van der Waals surface area contributed by atoms with Crippen molar-refractivity contribution in [1.82, 2.24) is 14.8 Å². The van der Waals surface area contributed by atoms with Gasteiger partial charge in [0.25, 0.3) is 5.91 Å². The summed E-state index contributed by atoms with van der Waals surface area (Å²) in [4.78, 5) is 33.9. The number of hydrogen-bond donors (Lipinski definition) is 0. The second-order valence-electron chi connectivity index (χ2n) is 10.5. The average Bonchev–Trinajstić information content (AvgIpc) is 2.86. The molecule has 0 saturated carbocycles. The molecule has 0 aromatic carbocycles. The molecule has 2 fully saturated rings. The number of nitrogens with zero attached hydrogens (tertiary/aromatic N) is 6. The van der Waals surface area contributed by atoms with Crippen LogP contribution in [0.1, 0.15) is 43.2 Å². The predicted octanol–water partition coefficient (Wildman–Crippen LogP) is 4.12. The molecule has 5 heterocycles. The summed E-state index contributed by atoms with van der Waals surface area (Å²) >= 11 is 0. The van der Waals surface area contributed by atoms with Gasteiger partial charge in [0.1, 0.15) is 5.82 Å². The fourth-order valence-corrected chi connectivity index (χ4v) is 5.77. The molecule has 2 amide bonds. The number of halogens is 6. The summed E-state index contributed by atoms with van der Waals surface area (Å²) in [6.45, 7) is 3.60. The number of pyridine rings is 1. The first-order valence-corrected chi connectivity index (χ1v) is 13.0. The first-order valence-electron chi connectivity index (χ1n) is 13.0. The molecule has 4 atom stereocenters. The molecule has 0 bridgehead atoms. The van der Waals surface area contributed by atoms with Crippen LogP contribution in [0, 0.1) is 5.92 Å². The lowest BCUT2D eigenvalue weighted by Crippen LogP contribution is -2.57. The van der Waals surface area contributed by atoms with Crippen molar-refractivity contribution in [3.63, 3.8) is 0 Å². The fourth-order valence-electron chi connectivity index (χ4n) is 5.77. The van der Waals surface area contributed by atoms with E-state index in [1.54, 1.807) is 4.90 Å². The first-order chi connectivity index (χ1) is 18.8. The Morgan fingerprint density at radius 2 is 1.90 bits per heavy atom. The number of carbonyl (C=O) groups is 2. The van der Waals surface area contributed by atoms with Gasteiger partial charge in [-0.3, -0.25) is 9.59 Å². The van der Waals surface area contributed by atoms with E-state index in [1.807, 2.05) is 11.8 Å². The standard InChI is InChI=1S/C25H28F6N6O3/c1-14-8-17-12-35(5-6-37(17)22-18(14)9-15(10-32-22)24(26,27)28)20(38)3-7-40-13-16-2-4-36(16)19-11-33-34-23(39)21(19)25(29,30)31/h9-11,14,16-17,21H,2-8,12-13H2,1H3/t14-,16+,17-,21?/m1/s1. The Bertz CT molecular complexity index is 1220. The van der Waals surface area contributed by atoms with Crippen LogP contribution in [0.2, 0.25) is 0 Å². The van der Waals surface area contributed by atoms with Crippen molar-refractivity contribution in [2.75, 3.05) is 44.3 Å². The third-order valence-electron chi connectivity index (χ3n) is 7.95. The number of rotatable bonds is 6. The zero-order valence-electron chi connectivity index (χ0n) is 21.6. The molecular formula is C25H28F6N6O3. The second kappa shape index (κ2) is 10.6. The zero-order valence-corrected chi connectivity index (χ0v) is 21.6. The predicted molar refractivity (Wildman–Crippen MR) is 128 cm³/mol. The number of alkyl halides is 6. The molecule has 218 valence electrons. The summed E-state index contributed by atoms with van der Waals surface area (Å²) < 4.78 is 85.3. The van der Waals surface area contributed by atoms with Crippen molar-refractivity contribution in [2.45, 2.75) is 56.5 Å². The summed E-state index contributed by atoms with van der Waals surface area (Å²) in [5.74, 6) is -3.45. The minimum absolute atomic E-state index is 0.0703. The maximum Gasteiger partial charge on any atom is 0.417 e. The Morgan fingerprint density at radius 1 is 1.12 bits per heavy atom. The zero-order chi connectivity index (χ0) is 28.8. The number of piperazine rings is 1. The van der Waals surface area contributed by atoms with Crippen LogP contribution >= 0.6 is 0 Å². The number of fused-ring (bicyclic) bond motifs is 3. The SMILES string of the molecule is C[C@@H]1C[C@@H]2CN(C(=O)CCOC[C@@H]3CCN3C3=CN=NC(=O)C3C(F)(F)F)CCN2c2ncc(C(F)(F)F)cc21. The summed E-state index contributed by atoms with van der Waals surface area (Å²) in [5, 5.41) is 6.43. The van der Waals surface area contributed by atoms with Crippen molar-refractivity contribution >= 4 is 17.6 Å². The summed E-state index contributed by atoms with van der Waals surface area (Å²) in [6.07, 6.45) is -6.19. The Balaban J connectivity index is 1.11. The molecule has 1 aromatic rings. The number of likely N-dealkylation sites (tertiary alicyclic amines) is 1. The minimum Gasteiger partial charge on any atom is -0.379 e. The molecule has 1 unspecified atom stereocenters. The maximum atomic E-state index is 13.4. The van der Waals surface area contributed by atoms with Crippen LogP contribution < -0.4 is 4.90 Å². The molecule has 5 rings (SSSR count). The van der Waals surface area contributed by atoms with Crippen molar-refractivity contribution in [1.29, 1.82) is 0 Å².